The number of hydrogen-bond donors (Lipinski definition) is 1. The molecule has 1 N–H and O–H groups in total. The van der Waals surface area contributed by atoms with Crippen LogP contribution in [-0.2, 0) is 11.2 Å². The van der Waals surface area contributed by atoms with E-state index in [1.54, 1.807) is 7.05 Å². The van der Waals surface area contributed by atoms with E-state index in [9.17, 15) is 9.59 Å². The van der Waals surface area contributed by atoms with Crippen LogP contribution < -0.4 is 10.2 Å². The van der Waals surface area contributed by atoms with Gasteiger partial charge in [-0.25, -0.2) is 0 Å². The fraction of sp³-hybridized carbons (Fsp3) is 0.462. The first kappa shape index (κ1) is 21.6. The van der Waals surface area contributed by atoms with Crippen LogP contribution in [0, 0.1) is 0 Å². The largest absolute Gasteiger partial charge is 0.355 e. The maximum absolute atomic E-state index is 12.4. The van der Waals surface area contributed by atoms with Gasteiger partial charge in [0.25, 0.3) is 5.91 Å². The smallest absolute Gasteiger partial charge is 0.251 e. The van der Waals surface area contributed by atoms with Gasteiger partial charge in [0.05, 0.1) is 0 Å². The van der Waals surface area contributed by atoms with Crippen LogP contribution in [-0.4, -0.2) is 49.9 Å². The van der Waals surface area contributed by atoms with Crippen LogP contribution in [0.25, 0.3) is 0 Å². The lowest BCUT2D eigenvalue weighted by atomic mass is 9.87. The number of nitrogens with one attached hydrogen (secondary N) is 1. The van der Waals surface area contributed by atoms with Crippen molar-refractivity contribution in [2.45, 2.75) is 44.4 Å². The molecule has 164 valence electrons. The number of benzene rings is 2. The molecule has 1 unspecified atom stereocenters. The minimum Gasteiger partial charge on any atom is -0.355 e. The first-order chi connectivity index (χ1) is 15.2. The van der Waals surface area contributed by atoms with Gasteiger partial charge in [0.15, 0.2) is 0 Å². The molecule has 0 saturated carbocycles. The molecule has 2 heterocycles. The third kappa shape index (κ3) is 4.99. The van der Waals surface area contributed by atoms with E-state index >= 15 is 0 Å². The van der Waals surface area contributed by atoms with E-state index in [1.165, 1.54) is 5.56 Å². The Bertz CT molecular complexity index is 926. The van der Waals surface area contributed by atoms with Gasteiger partial charge in [-0.2, -0.15) is 0 Å². The molecule has 2 aliphatic rings. The summed E-state index contributed by atoms with van der Waals surface area (Å²) in [5, 5.41) is 2.77. The van der Waals surface area contributed by atoms with Crippen LogP contribution in [0.3, 0.4) is 0 Å². The van der Waals surface area contributed by atoms with Gasteiger partial charge in [0.1, 0.15) is 0 Å². The normalized spacial score (nSPS) is 20.0. The van der Waals surface area contributed by atoms with Crippen molar-refractivity contribution in [2.75, 3.05) is 38.1 Å². The van der Waals surface area contributed by atoms with E-state index in [1.807, 2.05) is 29.2 Å². The molecule has 2 amide bonds. The van der Waals surface area contributed by atoms with Crippen LogP contribution >= 0.6 is 0 Å². The summed E-state index contributed by atoms with van der Waals surface area (Å²) >= 11 is 0. The number of piperidine rings is 2. The zero-order valence-electron chi connectivity index (χ0n) is 18.5. The van der Waals surface area contributed by atoms with Crippen molar-refractivity contribution in [1.29, 1.82) is 0 Å². The van der Waals surface area contributed by atoms with E-state index < -0.39 is 0 Å². The zero-order chi connectivity index (χ0) is 21.6. The van der Waals surface area contributed by atoms with Gasteiger partial charge in [0.2, 0.25) is 5.91 Å². The van der Waals surface area contributed by atoms with E-state index in [-0.39, 0.29) is 11.8 Å². The van der Waals surface area contributed by atoms with E-state index in [2.05, 4.69) is 34.5 Å². The SMILES string of the molecule is CNC(=O)c1ccccc1C1CCCN(CCc2ccccc2N2CCCCC2=O)C1. The molecule has 5 heteroatoms. The summed E-state index contributed by atoms with van der Waals surface area (Å²) in [5.74, 6) is 0.622. The van der Waals surface area contributed by atoms with E-state index in [0.29, 0.717) is 12.3 Å². The van der Waals surface area contributed by atoms with E-state index in [0.717, 1.165) is 75.1 Å². The Morgan fingerprint density at radius 2 is 1.84 bits per heavy atom. The van der Waals surface area contributed by atoms with Gasteiger partial charge in [-0.3, -0.25) is 9.59 Å². The highest BCUT2D eigenvalue weighted by atomic mass is 16.2. The number of nitrogens with zero attached hydrogens (tertiary/aromatic N) is 2. The third-order valence-corrected chi connectivity index (χ3v) is 6.68. The van der Waals surface area contributed by atoms with Crippen molar-refractivity contribution in [1.82, 2.24) is 10.2 Å². The molecule has 0 bridgehead atoms. The first-order valence-electron chi connectivity index (χ1n) is 11.6. The van der Waals surface area contributed by atoms with Crippen LogP contribution in [0.5, 0.6) is 0 Å². The number of carbonyl (C=O) groups is 2. The Balaban J connectivity index is 1.44. The van der Waals surface area contributed by atoms with Gasteiger partial charge in [-0.1, -0.05) is 36.4 Å². The first-order valence-corrected chi connectivity index (χ1v) is 11.6. The lowest BCUT2D eigenvalue weighted by Crippen LogP contribution is -2.38. The summed E-state index contributed by atoms with van der Waals surface area (Å²) in [5.41, 5.74) is 4.30. The summed E-state index contributed by atoms with van der Waals surface area (Å²) in [6, 6.07) is 16.4. The molecule has 0 radical (unpaired) electrons. The molecule has 2 aromatic rings. The Morgan fingerprint density at radius 3 is 2.68 bits per heavy atom. The van der Waals surface area contributed by atoms with Gasteiger partial charge < -0.3 is 15.1 Å². The molecule has 2 fully saturated rings. The molecule has 0 aliphatic carbocycles. The van der Waals surface area contributed by atoms with Crippen molar-refractivity contribution in [2.24, 2.45) is 0 Å². The molecule has 5 nitrogen and oxygen atoms in total. The molecule has 1 atom stereocenters. The lowest BCUT2D eigenvalue weighted by molar-refractivity contribution is -0.119. The summed E-state index contributed by atoms with van der Waals surface area (Å²) in [7, 11) is 1.69. The number of rotatable bonds is 6. The van der Waals surface area contributed by atoms with Crippen molar-refractivity contribution in [3.8, 4) is 0 Å². The number of para-hydroxylation sites is 1. The molecule has 0 spiro atoms. The fourth-order valence-electron chi connectivity index (χ4n) is 5.03. The summed E-state index contributed by atoms with van der Waals surface area (Å²) in [6.45, 7) is 3.86. The average molecular weight is 420 g/mol. The third-order valence-electron chi connectivity index (χ3n) is 6.68. The Labute approximate surface area is 185 Å². The van der Waals surface area contributed by atoms with Crippen molar-refractivity contribution >= 4 is 17.5 Å². The second kappa shape index (κ2) is 10.1. The average Bonchev–Trinajstić information content (AvgIpc) is 2.83. The summed E-state index contributed by atoms with van der Waals surface area (Å²) in [6.07, 6.45) is 5.93. The summed E-state index contributed by atoms with van der Waals surface area (Å²) < 4.78 is 0. The van der Waals surface area contributed by atoms with Gasteiger partial charge in [0, 0.05) is 44.4 Å². The fourth-order valence-corrected chi connectivity index (χ4v) is 5.03. The minimum absolute atomic E-state index is 0.00662. The lowest BCUT2D eigenvalue weighted by Gasteiger charge is -2.34. The summed E-state index contributed by atoms with van der Waals surface area (Å²) in [4.78, 5) is 29.3. The van der Waals surface area contributed by atoms with Crippen molar-refractivity contribution < 1.29 is 9.59 Å². The molecule has 2 saturated heterocycles. The number of anilines is 1. The molecular weight excluding hydrogens is 386 g/mol. The van der Waals surface area contributed by atoms with Crippen LogP contribution in [0.1, 0.15) is 59.5 Å². The minimum atomic E-state index is -0.00662. The zero-order valence-corrected chi connectivity index (χ0v) is 18.5. The highest BCUT2D eigenvalue weighted by Gasteiger charge is 2.26. The number of hydrogen-bond acceptors (Lipinski definition) is 3. The monoisotopic (exact) mass is 419 g/mol. The van der Waals surface area contributed by atoms with Gasteiger partial charge in [-0.05, 0) is 67.8 Å². The maximum atomic E-state index is 12.4. The molecular formula is C26H33N3O2. The highest BCUT2D eigenvalue weighted by Crippen LogP contribution is 2.30. The molecule has 4 rings (SSSR count). The molecule has 31 heavy (non-hydrogen) atoms. The van der Waals surface area contributed by atoms with Gasteiger partial charge in [-0.15, -0.1) is 0 Å². The van der Waals surface area contributed by atoms with Crippen molar-refractivity contribution in [3.05, 3.63) is 65.2 Å². The number of carbonyl (C=O) groups excluding carboxylic acids is 2. The maximum Gasteiger partial charge on any atom is 0.251 e. The van der Waals surface area contributed by atoms with Crippen LogP contribution in [0.15, 0.2) is 48.5 Å². The standard InChI is InChI=1S/C26H33N3O2/c1-27-26(31)23-12-4-3-11-22(23)21-10-8-16-28(19-21)18-15-20-9-2-5-13-24(20)29-17-7-6-14-25(29)30/h2-5,9,11-13,21H,6-8,10,14-19H2,1H3,(H,27,31). The highest BCUT2D eigenvalue weighted by molar-refractivity contribution is 5.96. The predicted octanol–water partition coefficient (Wildman–Crippen LogP) is 3.99. The van der Waals surface area contributed by atoms with Gasteiger partial charge >= 0.3 is 0 Å². The van der Waals surface area contributed by atoms with Crippen LogP contribution in [0.4, 0.5) is 5.69 Å². The molecule has 2 aromatic carbocycles. The van der Waals surface area contributed by atoms with Crippen LogP contribution in [0.2, 0.25) is 0 Å². The Morgan fingerprint density at radius 1 is 1.03 bits per heavy atom. The topological polar surface area (TPSA) is 52.7 Å². The Kier molecular flexibility index (Phi) is 7.03. The second-order valence-corrected chi connectivity index (χ2v) is 8.69. The van der Waals surface area contributed by atoms with E-state index in [4.69, 9.17) is 0 Å². The quantitative estimate of drug-likeness (QED) is 0.770. The predicted molar refractivity (Wildman–Crippen MR) is 125 cm³/mol. The van der Waals surface area contributed by atoms with Crippen molar-refractivity contribution in [3.63, 3.8) is 0 Å². The number of amides is 2. The Hall–Kier alpha value is -2.66. The molecule has 0 aromatic heterocycles. The molecule has 2 aliphatic heterocycles. The number of likely N-dealkylation sites (tertiary alicyclic amines) is 1. The second-order valence-electron chi connectivity index (χ2n) is 8.69.